The first-order chi connectivity index (χ1) is 13.6. The maximum atomic E-state index is 13.5. The Labute approximate surface area is 168 Å². The molecule has 4 rings (SSSR count). The Morgan fingerprint density at radius 3 is 2.25 bits per heavy atom. The number of rotatable bonds is 5. The van der Waals surface area contributed by atoms with Crippen molar-refractivity contribution in [2.45, 2.75) is 39.3 Å². The van der Waals surface area contributed by atoms with E-state index in [1.54, 1.807) is 0 Å². The number of carbonyl (C=O) groups excluding carboxylic acids is 1. The minimum Gasteiger partial charge on any atom is -0.310 e. The number of benzene rings is 2. The van der Waals surface area contributed by atoms with Gasteiger partial charge in [0.2, 0.25) is 0 Å². The zero-order chi connectivity index (χ0) is 19.7. The number of aryl methyl sites for hydroxylation is 1. The van der Waals surface area contributed by atoms with E-state index in [2.05, 4.69) is 73.0 Å². The van der Waals surface area contributed by atoms with E-state index in [4.69, 9.17) is 0 Å². The van der Waals surface area contributed by atoms with Crippen LogP contribution in [0.5, 0.6) is 0 Å². The van der Waals surface area contributed by atoms with Crippen molar-refractivity contribution in [3.05, 3.63) is 65.2 Å². The Hall–Kier alpha value is -2.17. The molecule has 0 aliphatic carbocycles. The molecule has 0 aromatic heterocycles. The van der Waals surface area contributed by atoms with Crippen LogP contribution in [-0.2, 0) is 16.9 Å². The van der Waals surface area contributed by atoms with Gasteiger partial charge in [0.15, 0.2) is 0 Å². The highest BCUT2D eigenvalue weighted by Gasteiger charge is 2.53. The summed E-state index contributed by atoms with van der Waals surface area (Å²) in [5.41, 5.74) is 4.46. The molecule has 1 saturated heterocycles. The number of carbonyl (C=O) groups is 1. The summed E-state index contributed by atoms with van der Waals surface area (Å²) in [6, 6.07) is 17.2. The fourth-order valence-electron chi connectivity index (χ4n) is 4.93. The summed E-state index contributed by atoms with van der Waals surface area (Å²) >= 11 is 0. The lowest BCUT2D eigenvalue weighted by Crippen LogP contribution is -2.59. The molecule has 1 unspecified atom stereocenters. The van der Waals surface area contributed by atoms with Gasteiger partial charge in [0.1, 0.15) is 5.54 Å². The van der Waals surface area contributed by atoms with Crippen molar-refractivity contribution >= 4 is 11.6 Å². The number of hydrogen-bond donors (Lipinski definition) is 0. The second-order valence-corrected chi connectivity index (χ2v) is 8.03. The molecular formula is C24H31N3O. The van der Waals surface area contributed by atoms with Crippen LogP contribution in [-0.4, -0.2) is 48.4 Å². The summed E-state index contributed by atoms with van der Waals surface area (Å²) < 4.78 is 0. The molecule has 1 fully saturated rings. The standard InChI is InChI=1S/C24H31N3O/c1-4-24(21-8-6-7-9-22(21)27(5-2)23(24)28)26-16-14-25(15-17-26)18-20-12-10-19(3)11-13-20/h6-13H,4-5,14-18H2,1-3H3. The third-order valence-corrected chi connectivity index (χ3v) is 6.51. The van der Waals surface area contributed by atoms with Crippen molar-refractivity contribution in [2.24, 2.45) is 0 Å². The molecule has 1 atom stereocenters. The van der Waals surface area contributed by atoms with E-state index in [-0.39, 0.29) is 5.91 Å². The van der Waals surface area contributed by atoms with Gasteiger partial charge in [-0.15, -0.1) is 0 Å². The first kappa shape index (κ1) is 19.2. The highest BCUT2D eigenvalue weighted by atomic mass is 16.2. The monoisotopic (exact) mass is 377 g/mol. The van der Waals surface area contributed by atoms with Gasteiger partial charge in [-0.2, -0.15) is 0 Å². The number of amides is 1. The van der Waals surface area contributed by atoms with Gasteiger partial charge in [0, 0.05) is 50.5 Å². The third kappa shape index (κ3) is 3.05. The number of para-hydroxylation sites is 1. The SMILES string of the molecule is CCN1C(=O)C(CC)(N2CCN(Cc3ccc(C)cc3)CC2)c2ccccc21. The van der Waals surface area contributed by atoms with Crippen molar-refractivity contribution in [2.75, 3.05) is 37.6 Å². The minimum absolute atomic E-state index is 0.255. The molecule has 0 bridgehead atoms. The van der Waals surface area contributed by atoms with Gasteiger partial charge in [0.05, 0.1) is 0 Å². The number of piperazine rings is 1. The Balaban J connectivity index is 1.53. The van der Waals surface area contributed by atoms with Crippen molar-refractivity contribution in [1.82, 2.24) is 9.80 Å². The van der Waals surface area contributed by atoms with E-state index in [9.17, 15) is 4.79 Å². The molecule has 148 valence electrons. The van der Waals surface area contributed by atoms with Gasteiger partial charge in [0.25, 0.3) is 5.91 Å². The normalized spacial score (nSPS) is 23.2. The Morgan fingerprint density at radius 2 is 1.61 bits per heavy atom. The summed E-state index contributed by atoms with van der Waals surface area (Å²) in [6.07, 6.45) is 0.817. The molecule has 0 N–H and O–H groups in total. The molecule has 0 saturated carbocycles. The van der Waals surface area contributed by atoms with Crippen LogP contribution in [0.4, 0.5) is 5.69 Å². The van der Waals surface area contributed by atoms with Crippen LogP contribution >= 0.6 is 0 Å². The summed E-state index contributed by atoms with van der Waals surface area (Å²) in [6.45, 7) is 11.9. The zero-order valence-electron chi connectivity index (χ0n) is 17.3. The smallest absolute Gasteiger partial charge is 0.252 e. The maximum Gasteiger partial charge on any atom is 0.252 e. The summed E-state index contributed by atoms with van der Waals surface area (Å²) in [5.74, 6) is 0.255. The molecule has 28 heavy (non-hydrogen) atoms. The van der Waals surface area contributed by atoms with Gasteiger partial charge < -0.3 is 4.90 Å². The van der Waals surface area contributed by atoms with Gasteiger partial charge in [-0.3, -0.25) is 14.6 Å². The number of anilines is 1. The Bertz CT molecular complexity index is 839. The molecule has 0 spiro atoms. The molecule has 2 heterocycles. The quantitative estimate of drug-likeness (QED) is 0.793. The highest BCUT2D eigenvalue weighted by molar-refractivity contribution is 6.07. The van der Waals surface area contributed by atoms with Crippen LogP contribution < -0.4 is 4.90 Å². The lowest BCUT2D eigenvalue weighted by molar-refractivity contribution is -0.132. The Kier molecular flexibility index (Phi) is 5.26. The number of nitrogens with zero attached hydrogens (tertiary/aromatic N) is 3. The average molecular weight is 378 g/mol. The van der Waals surface area contributed by atoms with Crippen molar-refractivity contribution in [3.8, 4) is 0 Å². The van der Waals surface area contributed by atoms with Crippen molar-refractivity contribution in [1.29, 1.82) is 0 Å². The summed E-state index contributed by atoms with van der Waals surface area (Å²) in [4.78, 5) is 20.4. The molecule has 4 nitrogen and oxygen atoms in total. The third-order valence-electron chi connectivity index (χ3n) is 6.51. The molecule has 2 aromatic rings. The largest absolute Gasteiger partial charge is 0.310 e. The molecule has 2 aromatic carbocycles. The lowest BCUT2D eigenvalue weighted by atomic mass is 9.86. The number of likely N-dealkylation sites (N-methyl/N-ethyl adjacent to an activating group) is 1. The maximum absolute atomic E-state index is 13.5. The fraction of sp³-hybridized carbons (Fsp3) is 0.458. The molecule has 2 aliphatic rings. The van der Waals surface area contributed by atoms with Crippen LogP contribution in [0.1, 0.15) is 37.0 Å². The molecule has 1 amide bonds. The van der Waals surface area contributed by atoms with Crippen molar-refractivity contribution in [3.63, 3.8) is 0 Å². The Morgan fingerprint density at radius 1 is 0.929 bits per heavy atom. The summed E-state index contributed by atoms with van der Waals surface area (Å²) in [7, 11) is 0. The minimum atomic E-state index is -0.497. The van der Waals surface area contributed by atoms with Crippen LogP contribution in [0, 0.1) is 6.92 Å². The van der Waals surface area contributed by atoms with E-state index in [1.807, 2.05) is 11.0 Å². The topological polar surface area (TPSA) is 26.8 Å². The first-order valence-electron chi connectivity index (χ1n) is 10.5. The van der Waals surface area contributed by atoms with Gasteiger partial charge >= 0.3 is 0 Å². The van der Waals surface area contributed by atoms with Crippen LogP contribution in [0.25, 0.3) is 0 Å². The van der Waals surface area contributed by atoms with Crippen LogP contribution in [0.3, 0.4) is 0 Å². The summed E-state index contributed by atoms with van der Waals surface area (Å²) in [5, 5.41) is 0. The van der Waals surface area contributed by atoms with Gasteiger partial charge in [-0.05, 0) is 31.9 Å². The predicted octanol–water partition coefficient (Wildman–Crippen LogP) is 3.78. The first-order valence-corrected chi connectivity index (χ1v) is 10.5. The van der Waals surface area contributed by atoms with Crippen LogP contribution in [0.15, 0.2) is 48.5 Å². The van der Waals surface area contributed by atoms with Crippen molar-refractivity contribution < 1.29 is 4.79 Å². The van der Waals surface area contributed by atoms with E-state index < -0.39 is 5.54 Å². The molecular weight excluding hydrogens is 346 g/mol. The zero-order valence-corrected chi connectivity index (χ0v) is 17.3. The van der Waals surface area contributed by atoms with Gasteiger partial charge in [-0.1, -0.05) is 55.0 Å². The second-order valence-electron chi connectivity index (χ2n) is 8.03. The predicted molar refractivity (Wildman–Crippen MR) is 114 cm³/mol. The number of hydrogen-bond acceptors (Lipinski definition) is 3. The molecule has 0 radical (unpaired) electrons. The van der Waals surface area contributed by atoms with E-state index in [0.717, 1.165) is 51.4 Å². The second kappa shape index (κ2) is 7.69. The van der Waals surface area contributed by atoms with E-state index in [1.165, 1.54) is 16.7 Å². The van der Waals surface area contributed by atoms with Gasteiger partial charge in [-0.25, -0.2) is 0 Å². The van der Waals surface area contributed by atoms with E-state index in [0.29, 0.717) is 0 Å². The van der Waals surface area contributed by atoms with Crippen LogP contribution in [0.2, 0.25) is 0 Å². The highest BCUT2D eigenvalue weighted by Crippen LogP contribution is 2.46. The van der Waals surface area contributed by atoms with E-state index >= 15 is 0 Å². The molecule has 2 aliphatic heterocycles. The number of fused-ring (bicyclic) bond motifs is 1. The lowest BCUT2D eigenvalue weighted by Gasteiger charge is -2.44. The fourth-order valence-corrected chi connectivity index (χ4v) is 4.93. The molecule has 4 heteroatoms. The average Bonchev–Trinajstić information content (AvgIpc) is 2.98.